The van der Waals surface area contributed by atoms with Gasteiger partial charge in [0.1, 0.15) is 17.4 Å². The van der Waals surface area contributed by atoms with Crippen LogP contribution in [0.4, 0.5) is 13.2 Å². The number of carbonyl (C=O) groups excluding carboxylic acids is 1. The van der Waals surface area contributed by atoms with E-state index in [0.29, 0.717) is 17.5 Å². The molecule has 0 fully saturated rings. The van der Waals surface area contributed by atoms with Crippen LogP contribution in [0.15, 0.2) is 41.6 Å². The predicted molar refractivity (Wildman–Crippen MR) is 94.3 cm³/mol. The zero-order valence-corrected chi connectivity index (χ0v) is 15.6. The molecule has 0 aliphatic heterocycles. The van der Waals surface area contributed by atoms with E-state index in [1.54, 1.807) is 12.1 Å². The summed E-state index contributed by atoms with van der Waals surface area (Å²) in [6.07, 6.45) is -4.73. The number of methoxy groups -OCH3 is 1. The molecule has 0 aliphatic rings. The molecule has 0 radical (unpaired) electrons. The van der Waals surface area contributed by atoms with Crippen molar-refractivity contribution >= 4 is 29.3 Å². The molecule has 1 heterocycles. The Morgan fingerprint density at radius 1 is 1.33 bits per heavy atom. The lowest BCUT2D eigenvalue weighted by Crippen LogP contribution is -2.20. The third kappa shape index (κ3) is 6.30. The fraction of sp³-hybridized carbons (Fsp3) is 0.294. The second-order valence-corrected chi connectivity index (χ2v) is 6.72. The van der Waals surface area contributed by atoms with E-state index in [0.717, 1.165) is 17.8 Å². The van der Waals surface area contributed by atoms with Gasteiger partial charge < -0.3 is 14.6 Å². The average Bonchev–Trinajstić information content (AvgIpc) is 2.64. The number of carbonyl (C=O) groups is 1. The van der Waals surface area contributed by atoms with Gasteiger partial charge in [-0.25, -0.2) is 9.78 Å². The second kappa shape index (κ2) is 9.29. The van der Waals surface area contributed by atoms with E-state index in [1.807, 2.05) is 0 Å². The zero-order valence-electron chi connectivity index (χ0n) is 14.0. The number of hydrogen-bond donors (Lipinski definition) is 1. The largest absolute Gasteiger partial charge is 0.491 e. The molecule has 10 heteroatoms. The third-order valence-electron chi connectivity index (χ3n) is 3.26. The SMILES string of the molecule is COC(=O)c1ccc(OC[C@@H](O)CSc2ncc(C(F)(F)F)cc2Cl)cc1. The van der Waals surface area contributed by atoms with Crippen LogP contribution in [-0.2, 0) is 10.9 Å². The smallest absolute Gasteiger partial charge is 0.417 e. The molecular weight excluding hydrogens is 407 g/mol. The van der Waals surface area contributed by atoms with E-state index >= 15 is 0 Å². The molecule has 0 spiro atoms. The third-order valence-corrected chi connectivity index (χ3v) is 4.82. The van der Waals surface area contributed by atoms with Crippen molar-refractivity contribution in [2.75, 3.05) is 19.5 Å². The molecule has 1 aromatic carbocycles. The summed E-state index contributed by atoms with van der Waals surface area (Å²) in [5.41, 5.74) is -0.569. The number of alkyl halides is 3. The summed E-state index contributed by atoms with van der Waals surface area (Å²) >= 11 is 6.83. The van der Waals surface area contributed by atoms with Crippen molar-refractivity contribution in [2.24, 2.45) is 0 Å². The maximum atomic E-state index is 12.6. The van der Waals surface area contributed by atoms with Gasteiger partial charge in [-0.1, -0.05) is 11.6 Å². The number of halogens is 4. The Bertz CT molecular complexity index is 787. The summed E-state index contributed by atoms with van der Waals surface area (Å²) in [4.78, 5) is 15.0. The van der Waals surface area contributed by atoms with Gasteiger partial charge in [-0.05, 0) is 30.3 Å². The minimum absolute atomic E-state index is 0.0528. The van der Waals surface area contributed by atoms with Crippen LogP contribution in [0.25, 0.3) is 0 Å². The van der Waals surface area contributed by atoms with Gasteiger partial charge in [-0.3, -0.25) is 0 Å². The fourth-order valence-electron chi connectivity index (χ4n) is 1.91. The van der Waals surface area contributed by atoms with E-state index in [4.69, 9.17) is 16.3 Å². The van der Waals surface area contributed by atoms with E-state index in [-0.39, 0.29) is 22.4 Å². The van der Waals surface area contributed by atoms with Crippen LogP contribution in [0.2, 0.25) is 5.02 Å². The molecule has 146 valence electrons. The Morgan fingerprint density at radius 3 is 2.56 bits per heavy atom. The van der Waals surface area contributed by atoms with Gasteiger partial charge in [0.05, 0.1) is 29.4 Å². The monoisotopic (exact) mass is 421 g/mol. The molecule has 0 bridgehead atoms. The first-order chi connectivity index (χ1) is 12.7. The number of aliphatic hydroxyl groups is 1. The second-order valence-electron chi connectivity index (χ2n) is 5.30. The summed E-state index contributed by atoms with van der Waals surface area (Å²) in [7, 11) is 1.28. The molecule has 1 aromatic heterocycles. The van der Waals surface area contributed by atoms with Gasteiger partial charge in [0.15, 0.2) is 0 Å². The molecule has 2 aromatic rings. The molecule has 27 heavy (non-hydrogen) atoms. The topological polar surface area (TPSA) is 68.7 Å². The van der Waals surface area contributed by atoms with Crippen molar-refractivity contribution in [3.63, 3.8) is 0 Å². The number of pyridine rings is 1. The van der Waals surface area contributed by atoms with Crippen LogP contribution in [-0.4, -0.2) is 41.6 Å². The molecule has 0 saturated carbocycles. The molecule has 1 N–H and O–H groups in total. The number of thioether (sulfide) groups is 1. The minimum Gasteiger partial charge on any atom is -0.491 e. The molecular formula is C17H15ClF3NO4S. The van der Waals surface area contributed by atoms with Crippen LogP contribution in [0.1, 0.15) is 15.9 Å². The number of benzene rings is 1. The van der Waals surface area contributed by atoms with Crippen molar-refractivity contribution in [3.05, 3.63) is 52.7 Å². The number of rotatable bonds is 7. The summed E-state index contributed by atoms with van der Waals surface area (Å²) in [6, 6.07) is 6.95. The lowest BCUT2D eigenvalue weighted by Gasteiger charge is -2.13. The Balaban J connectivity index is 1.84. The first-order valence-corrected chi connectivity index (χ1v) is 8.92. The first-order valence-electron chi connectivity index (χ1n) is 7.55. The van der Waals surface area contributed by atoms with Crippen molar-refractivity contribution in [3.8, 4) is 5.75 Å². The highest BCUT2D eigenvalue weighted by atomic mass is 35.5. The van der Waals surface area contributed by atoms with Crippen molar-refractivity contribution < 1.29 is 32.5 Å². The van der Waals surface area contributed by atoms with Gasteiger partial charge in [0.2, 0.25) is 0 Å². The van der Waals surface area contributed by atoms with Gasteiger partial charge in [-0.2, -0.15) is 13.2 Å². The highest BCUT2D eigenvalue weighted by Gasteiger charge is 2.31. The van der Waals surface area contributed by atoms with Gasteiger partial charge >= 0.3 is 12.1 Å². The van der Waals surface area contributed by atoms with Crippen LogP contribution in [0.3, 0.4) is 0 Å². The standard InChI is InChI=1S/C17H15ClF3NO4S/c1-25-16(24)10-2-4-13(5-3-10)26-8-12(23)9-27-15-14(18)6-11(7-22-15)17(19,20)21/h2-7,12,23H,8-9H2,1H3/t12-/m1/s1. The van der Waals surface area contributed by atoms with Gasteiger partial charge in [0, 0.05) is 11.9 Å². The van der Waals surface area contributed by atoms with Gasteiger partial charge in [-0.15, -0.1) is 11.8 Å². The number of esters is 1. The normalized spacial score (nSPS) is 12.5. The lowest BCUT2D eigenvalue weighted by atomic mass is 10.2. The van der Waals surface area contributed by atoms with Crippen molar-refractivity contribution in [1.29, 1.82) is 0 Å². The highest BCUT2D eigenvalue weighted by Crippen LogP contribution is 2.33. The fourth-order valence-corrected chi connectivity index (χ4v) is 3.01. The number of aromatic nitrogens is 1. The lowest BCUT2D eigenvalue weighted by molar-refractivity contribution is -0.137. The van der Waals surface area contributed by atoms with Crippen LogP contribution in [0.5, 0.6) is 5.75 Å². The van der Waals surface area contributed by atoms with E-state index in [2.05, 4.69) is 9.72 Å². The molecule has 5 nitrogen and oxygen atoms in total. The molecule has 1 atom stereocenters. The van der Waals surface area contributed by atoms with E-state index in [1.165, 1.54) is 19.2 Å². The summed E-state index contributed by atoms with van der Waals surface area (Å²) in [5.74, 6) is 0.0921. The maximum Gasteiger partial charge on any atom is 0.417 e. The molecule has 0 amide bonds. The summed E-state index contributed by atoms with van der Waals surface area (Å²) in [5, 5.41) is 10.0. The van der Waals surface area contributed by atoms with Crippen LogP contribution >= 0.6 is 23.4 Å². The van der Waals surface area contributed by atoms with Gasteiger partial charge in [0.25, 0.3) is 0 Å². The van der Waals surface area contributed by atoms with Crippen LogP contribution in [0, 0.1) is 0 Å². The van der Waals surface area contributed by atoms with Crippen LogP contribution < -0.4 is 4.74 Å². The number of aliphatic hydroxyl groups excluding tert-OH is 1. The van der Waals surface area contributed by atoms with Crippen molar-refractivity contribution in [1.82, 2.24) is 4.98 Å². The molecule has 0 saturated heterocycles. The predicted octanol–water partition coefficient (Wildman–Crippen LogP) is 4.07. The van der Waals surface area contributed by atoms with E-state index < -0.39 is 23.8 Å². The number of nitrogens with zero attached hydrogens (tertiary/aromatic N) is 1. The minimum atomic E-state index is -4.52. The molecule has 0 unspecified atom stereocenters. The maximum absolute atomic E-state index is 12.6. The Morgan fingerprint density at radius 2 is 2.00 bits per heavy atom. The number of hydrogen-bond acceptors (Lipinski definition) is 6. The zero-order chi connectivity index (χ0) is 20.0. The Hall–Kier alpha value is -1.97. The molecule has 0 aliphatic carbocycles. The quantitative estimate of drug-likeness (QED) is 0.537. The first kappa shape index (κ1) is 21.3. The Labute approximate surface area is 162 Å². The highest BCUT2D eigenvalue weighted by molar-refractivity contribution is 7.99. The summed E-state index contributed by atoms with van der Waals surface area (Å²) < 4.78 is 47.7. The summed E-state index contributed by atoms with van der Waals surface area (Å²) in [6.45, 7) is -0.0528. The molecule has 2 rings (SSSR count). The number of ether oxygens (including phenoxy) is 2. The Kier molecular flexibility index (Phi) is 7.34. The van der Waals surface area contributed by atoms with Crippen molar-refractivity contribution in [2.45, 2.75) is 17.3 Å². The van der Waals surface area contributed by atoms with E-state index in [9.17, 15) is 23.1 Å². The average molecular weight is 422 g/mol.